The van der Waals surface area contributed by atoms with Crippen molar-refractivity contribution in [3.63, 3.8) is 0 Å². The van der Waals surface area contributed by atoms with Crippen molar-refractivity contribution in [3.8, 4) is 11.5 Å². The van der Waals surface area contributed by atoms with Crippen LogP contribution in [0.3, 0.4) is 0 Å². The predicted molar refractivity (Wildman–Crippen MR) is 94.6 cm³/mol. The Bertz CT molecular complexity index is 815. The first-order chi connectivity index (χ1) is 12.7. The molecule has 0 unspecified atom stereocenters. The molecule has 0 radical (unpaired) electrons. The maximum Gasteiger partial charge on any atom is 0.416 e. The number of rotatable bonds is 8. The van der Waals surface area contributed by atoms with Crippen molar-refractivity contribution >= 4 is 23.0 Å². The molecule has 0 aliphatic heterocycles. The Labute approximate surface area is 158 Å². The minimum absolute atomic E-state index is 0.00112. The summed E-state index contributed by atoms with van der Waals surface area (Å²) in [5.74, 6) is 0.181. The molecule has 0 amide bonds. The number of alkyl halides is 3. The van der Waals surface area contributed by atoms with Crippen molar-refractivity contribution in [2.45, 2.75) is 13.1 Å². The number of nitrogens with zero attached hydrogens (tertiary/aromatic N) is 1. The zero-order valence-electron chi connectivity index (χ0n) is 14.2. The van der Waals surface area contributed by atoms with E-state index in [1.807, 2.05) is 6.92 Å². The zero-order chi connectivity index (χ0) is 20.0. The Hall–Kier alpha value is -2.52. The Morgan fingerprint density at radius 2 is 1.96 bits per heavy atom. The molecule has 0 atom stereocenters. The first-order valence-electron chi connectivity index (χ1n) is 7.87. The van der Waals surface area contributed by atoms with Gasteiger partial charge in [0.05, 0.1) is 22.1 Å². The highest BCUT2D eigenvalue weighted by atomic mass is 35.5. The highest BCUT2D eigenvalue weighted by Crippen LogP contribution is 2.37. The highest BCUT2D eigenvalue weighted by Gasteiger charge is 2.31. The van der Waals surface area contributed by atoms with E-state index in [0.717, 1.165) is 18.2 Å². The lowest BCUT2D eigenvalue weighted by Crippen LogP contribution is -2.10. The molecule has 2 aromatic rings. The third-order valence-corrected chi connectivity index (χ3v) is 3.71. The summed E-state index contributed by atoms with van der Waals surface area (Å²) in [7, 11) is 0. The molecule has 10 heteroatoms. The monoisotopic (exact) mass is 404 g/mol. The van der Waals surface area contributed by atoms with Gasteiger partial charge in [0.1, 0.15) is 17.2 Å². The topological polar surface area (TPSA) is 73.6 Å². The van der Waals surface area contributed by atoms with E-state index in [4.69, 9.17) is 21.1 Å². The molecule has 0 saturated heterocycles. The summed E-state index contributed by atoms with van der Waals surface area (Å²) < 4.78 is 48.7. The van der Waals surface area contributed by atoms with Crippen molar-refractivity contribution in [2.24, 2.45) is 0 Å². The molecule has 0 fully saturated rings. The summed E-state index contributed by atoms with van der Waals surface area (Å²) in [5, 5.41) is 13.8. The number of anilines is 1. The van der Waals surface area contributed by atoms with E-state index in [-0.39, 0.29) is 27.9 Å². The summed E-state index contributed by atoms with van der Waals surface area (Å²) in [6.07, 6.45) is -4.52. The lowest BCUT2D eigenvalue weighted by atomic mass is 10.2. The molecular formula is C17H16ClF3N2O4. The van der Waals surface area contributed by atoms with Gasteiger partial charge in [-0.25, -0.2) is 0 Å². The van der Waals surface area contributed by atoms with Crippen LogP contribution in [-0.2, 0) is 10.9 Å². The molecule has 0 spiro atoms. The van der Waals surface area contributed by atoms with Crippen LogP contribution in [0.15, 0.2) is 36.4 Å². The molecule has 0 aliphatic carbocycles. The van der Waals surface area contributed by atoms with Gasteiger partial charge in [0.2, 0.25) is 0 Å². The Balaban J connectivity index is 2.22. The second kappa shape index (κ2) is 8.92. The number of nitro benzene ring substituents is 1. The fourth-order valence-corrected chi connectivity index (χ4v) is 2.39. The standard InChI is InChI=1S/C17H16ClF3N2O4/c1-2-26-8-7-22-14-10-12(4-5-15(14)23(24)25)27-16-6-3-11(9-13(16)18)17(19,20)21/h3-6,9-10,22H,2,7-8H2,1H3. The summed E-state index contributed by atoms with van der Waals surface area (Å²) >= 11 is 5.86. The Kier molecular flexibility index (Phi) is 6.86. The average Bonchev–Trinajstić information content (AvgIpc) is 2.59. The number of nitro groups is 1. The molecule has 1 N–H and O–H groups in total. The zero-order valence-corrected chi connectivity index (χ0v) is 14.9. The van der Waals surface area contributed by atoms with E-state index in [9.17, 15) is 23.3 Å². The maximum atomic E-state index is 12.7. The molecule has 0 saturated carbocycles. The summed E-state index contributed by atoms with van der Waals surface area (Å²) in [5.41, 5.74) is -0.876. The van der Waals surface area contributed by atoms with Gasteiger partial charge >= 0.3 is 6.18 Å². The molecule has 27 heavy (non-hydrogen) atoms. The van der Waals surface area contributed by atoms with Crippen LogP contribution in [0.1, 0.15) is 12.5 Å². The molecule has 146 valence electrons. The van der Waals surface area contributed by atoms with E-state index in [1.54, 1.807) is 0 Å². The number of halogens is 4. The van der Waals surface area contributed by atoms with Crippen LogP contribution >= 0.6 is 11.6 Å². The molecule has 6 nitrogen and oxygen atoms in total. The molecule has 2 rings (SSSR count). The van der Waals surface area contributed by atoms with Crippen molar-refractivity contribution in [2.75, 3.05) is 25.1 Å². The van der Waals surface area contributed by atoms with Crippen LogP contribution in [0.5, 0.6) is 11.5 Å². The van der Waals surface area contributed by atoms with Crippen LogP contribution in [0.25, 0.3) is 0 Å². The van der Waals surface area contributed by atoms with Gasteiger partial charge in [-0.2, -0.15) is 13.2 Å². The second-order valence-electron chi connectivity index (χ2n) is 5.30. The average molecular weight is 405 g/mol. The lowest BCUT2D eigenvalue weighted by Gasteiger charge is -2.13. The first kappa shape index (κ1) is 20.8. The van der Waals surface area contributed by atoms with Crippen LogP contribution in [0.4, 0.5) is 24.5 Å². The predicted octanol–water partition coefficient (Wildman–Crippen LogP) is 5.51. The number of ether oxygens (including phenoxy) is 2. The molecule has 2 aromatic carbocycles. The van der Waals surface area contributed by atoms with Gasteiger partial charge in [-0.05, 0) is 31.2 Å². The van der Waals surface area contributed by atoms with Gasteiger partial charge in [-0.15, -0.1) is 0 Å². The smallest absolute Gasteiger partial charge is 0.416 e. The number of hydrogen-bond donors (Lipinski definition) is 1. The van der Waals surface area contributed by atoms with Crippen molar-refractivity contribution < 1.29 is 27.6 Å². The molecule has 0 bridgehead atoms. The van der Waals surface area contributed by atoms with E-state index >= 15 is 0 Å². The van der Waals surface area contributed by atoms with Crippen LogP contribution < -0.4 is 10.1 Å². The van der Waals surface area contributed by atoms with Gasteiger partial charge in [0.15, 0.2) is 0 Å². The highest BCUT2D eigenvalue weighted by molar-refractivity contribution is 6.32. The van der Waals surface area contributed by atoms with Gasteiger partial charge < -0.3 is 14.8 Å². The quantitative estimate of drug-likeness (QED) is 0.357. The van der Waals surface area contributed by atoms with Gasteiger partial charge in [0.25, 0.3) is 5.69 Å². The summed E-state index contributed by atoms with van der Waals surface area (Å²) in [6.45, 7) is 3.02. The van der Waals surface area contributed by atoms with Gasteiger partial charge in [-0.1, -0.05) is 11.6 Å². The first-order valence-corrected chi connectivity index (χ1v) is 8.24. The van der Waals surface area contributed by atoms with E-state index in [1.165, 1.54) is 18.2 Å². The SMILES string of the molecule is CCOCCNc1cc(Oc2ccc(C(F)(F)F)cc2Cl)ccc1[N+](=O)[O-]. The van der Waals surface area contributed by atoms with E-state index < -0.39 is 16.7 Å². The van der Waals surface area contributed by atoms with Gasteiger partial charge in [0, 0.05) is 25.3 Å². The third kappa shape index (κ3) is 5.73. The van der Waals surface area contributed by atoms with Crippen LogP contribution in [-0.4, -0.2) is 24.7 Å². The minimum Gasteiger partial charge on any atom is -0.456 e. The molecular weight excluding hydrogens is 389 g/mol. The fraction of sp³-hybridized carbons (Fsp3) is 0.294. The van der Waals surface area contributed by atoms with E-state index in [2.05, 4.69) is 5.32 Å². The number of hydrogen-bond acceptors (Lipinski definition) is 5. The van der Waals surface area contributed by atoms with Crippen LogP contribution in [0, 0.1) is 10.1 Å². The van der Waals surface area contributed by atoms with E-state index in [0.29, 0.717) is 19.8 Å². The number of benzene rings is 2. The summed E-state index contributed by atoms with van der Waals surface area (Å²) in [4.78, 5) is 10.6. The van der Waals surface area contributed by atoms with Gasteiger partial charge in [-0.3, -0.25) is 10.1 Å². The third-order valence-electron chi connectivity index (χ3n) is 3.42. The van der Waals surface area contributed by atoms with Crippen molar-refractivity contribution in [1.29, 1.82) is 0 Å². The molecule has 0 aliphatic rings. The molecule has 0 aromatic heterocycles. The Morgan fingerprint density at radius 3 is 2.56 bits per heavy atom. The molecule has 0 heterocycles. The normalized spacial score (nSPS) is 11.3. The summed E-state index contributed by atoms with van der Waals surface area (Å²) in [6, 6.07) is 6.63. The van der Waals surface area contributed by atoms with Crippen molar-refractivity contribution in [3.05, 3.63) is 57.1 Å². The Morgan fingerprint density at radius 1 is 1.22 bits per heavy atom. The minimum atomic E-state index is -4.52. The van der Waals surface area contributed by atoms with Crippen molar-refractivity contribution in [1.82, 2.24) is 0 Å². The largest absolute Gasteiger partial charge is 0.456 e. The maximum absolute atomic E-state index is 12.7. The number of nitrogens with one attached hydrogen (secondary N) is 1. The second-order valence-corrected chi connectivity index (χ2v) is 5.71. The fourth-order valence-electron chi connectivity index (χ4n) is 2.17. The lowest BCUT2D eigenvalue weighted by molar-refractivity contribution is -0.384. The van der Waals surface area contributed by atoms with Crippen LogP contribution in [0.2, 0.25) is 5.02 Å².